The van der Waals surface area contributed by atoms with E-state index >= 15 is 0 Å². The summed E-state index contributed by atoms with van der Waals surface area (Å²) in [5, 5.41) is 0. The predicted octanol–water partition coefficient (Wildman–Crippen LogP) is 7.68. The Bertz CT molecular complexity index is 2190. The van der Waals surface area contributed by atoms with Crippen LogP contribution in [0.15, 0.2) is 106 Å². The summed E-state index contributed by atoms with van der Waals surface area (Å²) >= 11 is 1.85. The molecule has 0 radical (unpaired) electrons. The number of benzene rings is 3. The van der Waals surface area contributed by atoms with E-state index in [1.807, 2.05) is 102 Å². The molecule has 0 bridgehead atoms. The number of ether oxygens (including phenoxy) is 5. The molecule has 282 valence electrons. The van der Waals surface area contributed by atoms with Crippen LogP contribution in [0.4, 0.5) is 5.69 Å². The van der Waals surface area contributed by atoms with Gasteiger partial charge in [0.05, 0.1) is 69.5 Å². The lowest BCUT2D eigenvalue weighted by Crippen LogP contribution is -2.37. The van der Waals surface area contributed by atoms with Crippen LogP contribution in [-0.4, -0.2) is 80.7 Å². The fourth-order valence-electron chi connectivity index (χ4n) is 7.41. The molecule has 12 nitrogen and oxygen atoms in total. The second kappa shape index (κ2) is 15.7. The second-order valence-corrected chi connectivity index (χ2v) is 14.0. The van der Waals surface area contributed by atoms with Crippen molar-refractivity contribution < 1.29 is 36.3 Å². The first-order valence-corrected chi connectivity index (χ1v) is 18.9. The van der Waals surface area contributed by atoms with E-state index in [2.05, 4.69) is 0 Å². The minimum atomic E-state index is -0.476. The number of rotatable bonds is 12. The van der Waals surface area contributed by atoms with E-state index in [0.29, 0.717) is 78.9 Å². The van der Waals surface area contributed by atoms with Crippen LogP contribution in [0.2, 0.25) is 0 Å². The van der Waals surface area contributed by atoms with Crippen LogP contribution in [0.1, 0.15) is 47.2 Å². The van der Waals surface area contributed by atoms with Gasteiger partial charge in [-0.25, -0.2) is 0 Å². The van der Waals surface area contributed by atoms with Crippen LogP contribution in [0.3, 0.4) is 0 Å². The van der Waals surface area contributed by atoms with Crippen molar-refractivity contribution in [2.24, 2.45) is 15.9 Å². The molecule has 13 heteroatoms. The number of nitrogens with zero attached hydrogens (tertiary/aromatic N) is 4. The van der Waals surface area contributed by atoms with Crippen LogP contribution in [0, 0.1) is 5.92 Å². The highest BCUT2D eigenvalue weighted by Crippen LogP contribution is 2.41. The first kappa shape index (κ1) is 36.4. The van der Waals surface area contributed by atoms with Crippen LogP contribution in [0.5, 0.6) is 23.0 Å². The van der Waals surface area contributed by atoms with Gasteiger partial charge in [-0.2, -0.15) is 0 Å². The smallest absolute Gasteiger partial charge is 0.260 e. The van der Waals surface area contributed by atoms with Crippen molar-refractivity contribution in [3.8, 4) is 23.0 Å². The summed E-state index contributed by atoms with van der Waals surface area (Å²) in [5.74, 6) is 2.97. The number of aliphatic imine (C=N–C) groups is 2. The quantitative estimate of drug-likeness (QED) is 0.135. The summed E-state index contributed by atoms with van der Waals surface area (Å²) in [4.78, 5) is 40.6. The SMILES string of the molecule is COC1=C(OCCCOc2cc3c(cc2OC)C(=O)N2C=C(c4ccc(OI)cc4)CC2C=N3)C=C2N=CC3CC(c4ccc(OC)cc4)=CN3C(=O)C2C1. The number of allylic oxidation sites excluding steroid dienone is 2. The van der Waals surface area contributed by atoms with Gasteiger partial charge in [0, 0.05) is 62.7 Å². The van der Waals surface area contributed by atoms with Gasteiger partial charge in [0.2, 0.25) is 5.91 Å². The summed E-state index contributed by atoms with van der Waals surface area (Å²) in [7, 11) is 4.78. The molecule has 8 rings (SSSR count). The number of methoxy groups -OCH3 is 3. The minimum absolute atomic E-state index is 0.0186. The Morgan fingerprint density at radius 1 is 0.727 bits per heavy atom. The predicted molar refractivity (Wildman–Crippen MR) is 216 cm³/mol. The first-order valence-electron chi connectivity index (χ1n) is 18.0. The number of fused-ring (bicyclic) bond motifs is 4. The largest absolute Gasteiger partial charge is 0.497 e. The number of hydrogen-bond acceptors (Lipinski definition) is 10. The monoisotopic (exact) mass is 854 g/mol. The molecule has 0 saturated heterocycles. The lowest BCUT2D eigenvalue weighted by Gasteiger charge is -2.26. The zero-order valence-electron chi connectivity index (χ0n) is 30.6. The Morgan fingerprint density at radius 3 is 2.05 bits per heavy atom. The highest BCUT2D eigenvalue weighted by Gasteiger charge is 2.40. The first-order chi connectivity index (χ1) is 26.9. The van der Waals surface area contributed by atoms with Gasteiger partial charge in [-0.1, -0.05) is 24.3 Å². The maximum absolute atomic E-state index is 13.8. The molecule has 5 aliphatic rings. The third-order valence-corrected chi connectivity index (χ3v) is 10.9. The zero-order chi connectivity index (χ0) is 38.1. The van der Waals surface area contributed by atoms with Gasteiger partial charge in [0.15, 0.2) is 40.3 Å². The van der Waals surface area contributed by atoms with Gasteiger partial charge >= 0.3 is 0 Å². The number of amides is 2. The summed E-state index contributed by atoms with van der Waals surface area (Å²) in [6, 6.07) is 18.7. The Morgan fingerprint density at radius 2 is 1.38 bits per heavy atom. The van der Waals surface area contributed by atoms with Crippen molar-refractivity contribution in [2.75, 3.05) is 34.5 Å². The van der Waals surface area contributed by atoms with Crippen molar-refractivity contribution >= 4 is 64.1 Å². The summed E-state index contributed by atoms with van der Waals surface area (Å²) < 4.78 is 34.2. The van der Waals surface area contributed by atoms with Gasteiger partial charge in [0.25, 0.3) is 5.91 Å². The summed E-state index contributed by atoms with van der Waals surface area (Å²) in [5.41, 5.74) is 5.82. The molecule has 3 aromatic carbocycles. The normalized spacial score (nSPS) is 21.0. The Kier molecular flexibility index (Phi) is 10.4. The Balaban J connectivity index is 0.886. The number of hydrogen-bond donors (Lipinski definition) is 0. The molecular formula is C42H39IN4O8. The highest BCUT2D eigenvalue weighted by molar-refractivity contribution is 14.1. The molecule has 4 heterocycles. The number of carbonyl (C=O) groups is 2. The fraction of sp³-hybridized carbons (Fsp3) is 0.286. The topological polar surface area (TPSA) is 121 Å². The summed E-state index contributed by atoms with van der Waals surface area (Å²) in [6.07, 6.45) is 11.5. The fourth-order valence-corrected chi connectivity index (χ4v) is 7.70. The molecule has 1 aliphatic carbocycles. The van der Waals surface area contributed by atoms with E-state index < -0.39 is 5.92 Å². The molecule has 0 aromatic heterocycles. The standard InChI is InChI=1S/C42H39IN4O8/c1-50-31-9-5-25(6-10-31)27-15-29-21-44-35-19-39(37(51-2)17-33(35)41(48)46(29)23-27)53-13-4-14-54-40-20-36-34(18-38(40)52-3)42(49)47-24-28(16-30(47)22-45-36)26-7-11-32(55-43)12-8-26/h5-12,18-24,29-30,33H,4,13-17H2,1-3H3. The molecule has 3 aromatic rings. The van der Waals surface area contributed by atoms with Crippen molar-refractivity contribution in [1.82, 2.24) is 9.80 Å². The van der Waals surface area contributed by atoms with E-state index in [0.717, 1.165) is 33.8 Å². The van der Waals surface area contributed by atoms with E-state index in [1.54, 1.807) is 43.3 Å². The average molecular weight is 855 g/mol. The second-order valence-electron chi connectivity index (χ2n) is 13.6. The molecule has 0 saturated carbocycles. The van der Waals surface area contributed by atoms with Crippen LogP contribution in [-0.2, 0) is 14.3 Å². The third-order valence-electron chi connectivity index (χ3n) is 10.4. The van der Waals surface area contributed by atoms with Crippen LogP contribution < -0.4 is 17.3 Å². The Labute approximate surface area is 333 Å². The van der Waals surface area contributed by atoms with Crippen molar-refractivity contribution in [2.45, 2.75) is 37.8 Å². The van der Waals surface area contributed by atoms with Gasteiger partial charge in [-0.05, 0) is 52.6 Å². The third kappa shape index (κ3) is 7.20. The summed E-state index contributed by atoms with van der Waals surface area (Å²) in [6.45, 7) is 0.653. The molecule has 0 fully saturated rings. The Hall–Kier alpha value is -5.57. The van der Waals surface area contributed by atoms with Gasteiger partial charge in [-0.3, -0.25) is 19.6 Å². The average Bonchev–Trinajstić information content (AvgIpc) is 3.80. The zero-order valence-corrected chi connectivity index (χ0v) is 32.7. The van der Waals surface area contributed by atoms with Gasteiger partial charge in [-0.15, -0.1) is 0 Å². The molecule has 3 atom stereocenters. The van der Waals surface area contributed by atoms with E-state index in [-0.39, 0.29) is 23.9 Å². The van der Waals surface area contributed by atoms with E-state index in [4.69, 9.17) is 36.7 Å². The lowest BCUT2D eigenvalue weighted by molar-refractivity contribution is -0.132. The highest BCUT2D eigenvalue weighted by atomic mass is 127. The molecular weight excluding hydrogens is 815 g/mol. The maximum atomic E-state index is 13.8. The molecule has 3 unspecified atom stereocenters. The van der Waals surface area contributed by atoms with Crippen LogP contribution in [0.25, 0.3) is 11.1 Å². The van der Waals surface area contributed by atoms with E-state index in [1.165, 1.54) is 0 Å². The lowest BCUT2D eigenvalue weighted by atomic mass is 9.93. The minimum Gasteiger partial charge on any atom is -0.497 e. The van der Waals surface area contributed by atoms with E-state index in [9.17, 15) is 9.59 Å². The number of carbonyl (C=O) groups excluding carboxylic acids is 2. The molecule has 0 N–H and O–H groups in total. The van der Waals surface area contributed by atoms with Crippen molar-refractivity contribution in [1.29, 1.82) is 0 Å². The molecule has 55 heavy (non-hydrogen) atoms. The van der Waals surface area contributed by atoms with Crippen molar-refractivity contribution in [3.63, 3.8) is 0 Å². The molecule has 2 amide bonds. The van der Waals surface area contributed by atoms with Gasteiger partial charge in [0.1, 0.15) is 17.3 Å². The number of halogens is 1. The molecule has 0 spiro atoms. The maximum Gasteiger partial charge on any atom is 0.260 e. The molecule has 4 aliphatic heterocycles. The van der Waals surface area contributed by atoms with Crippen LogP contribution >= 0.6 is 23.0 Å². The van der Waals surface area contributed by atoms with Crippen molar-refractivity contribution in [3.05, 3.63) is 113 Å². The van der Waals surface area contributed by atoms with Gasteiger partial charge < -0.3 is 36.6 Å².